The van der Waals surface area contributed by atoms with E-state index in [9.17, 15) is 10.1 Å². The van der Waals surface area contributed by atoms with Crippen LogP contribution < -0.4 is 10.6 Å². The number of benzene rings is 2. The van der Waals surface area contributed by atoms with Crippen LogP contribution in [0.5, 0.6) is 0 Å². The Kier molecular flexibility index (Phi) is 4.42. The van der Waals surface area contributed by atoms with Gasteiger partial charge in [0.1, 0.15) is 5.69 Å². The first kappa shape index (κ1) is 14.8. The molecular formula is C16H19N3O2. The third-order valence-corrected chi connectivity index (χ3v) is 3.41. The average Bonchev–Trinajstić information content (AvgIpc) is 2.46. The molecule has 0 bridgehead atoms. The summed E-state index contributed by atoms with van der Waals surface area (Å²) in [4.78, 5) is 12.7. The van der Waals surface area contributed by atoms with E-state index < -0.39 is 4.92 Å². The molecule has 2 rings (SSSR count). The zero-order chi connectivity index (χ0) is 15.4. The molecule has 5 heteroatoms. The maximum Gasteiger partial charge on any atom is 0.292 e. The van der Waals surface area contributed by atoms with Gasteiger partial charge in [-0.2, -0.15) is 0 Å². The summed E-state index contributed by atoms with van der Waals surface area (Å²) in [6.45, 7) is 5.54. The van der Waals surface area contributed by atoms with Gasteiger partial charge in [0.15, 0.2) is 0 Å². The highest BCUT2D eigenvalue weighted by Crippen LogP contribution is 2.25. The zero-order valence-corrected chi connectivity index (χ0v) is 12.2. The second-order valence-corrected chi connectivity index (χ2v) is 5.00. The van der Waals surface area contributed by atoms with Gasteiger partial charge in [-0.15, -0.1) is 0 Å². The van der Waals surface area contributed by atoms with Crippen molar-refractivity contribution in [3.63, 3.8) is 0 Å². The monoisotopic (exact) mass is 285 g/mol. The average molecular weight is 285 g/mol. The lowest BCUT2D eigenvalue weighted by molar-refractivity contribution is -0.384. The molecule has 21 heavy (non-hydrogen) atoms. The van der Waals surface area contributed by atoms with Crippen LogP contribution in [0.2, 0.25) is 0 Å². The second kappa shape index (κ2) is 6.26. The summed E-state index contributed by atoms with van der Waals surface area (Å²) in [5.41, 5.74) is 8.96. The van der Waals surface area contributed by atoms with Crippen molar-refractivity contribution in [3.8, 4) is 0 Å². The molecule has 0 saturated carbocycles. The highest BCUT2D eigenvalue weighted by Gasteiger charge is 2.13. The van der Waals surface area contributed by atoms with Gasteiger partial charge in [0.05, 0.1) is 4.92 Å². The van der Waals surface area contributed by atoms with Gasteiger partial charge in [-0.3, -0.25) is 10.1 Å². The van der Waals surface area contributed by atoms with Crippen molar-refractivity contribution < 1.29 is 4.92 Å². The normalized spacial score (nSPS) is 10.4. The van der Waals surface area contributed by atoms with Gasteiger partial charge >= 0.3 is 0 Å². The first-order chi connectivity index (χ1) is 10.0. The van der Waals surface area contributed by atoms with E-state index in [1.165, 1.54) is 5.56 Å². The van der Waals surface area contributed by atoms with Crippen LogP contribution in [0.1, 0.15) is 18.1 Å². The van der Waals surface area contributed by atoms with Crippen LogP contribution >= 0.6 is 0 Å². The van der Waals surface area contributed by atoms with Gasteiger partial charge in [-0.25, -0.2) is 0 Å². The van der Waals surface area contributed by atoms with Crippen molar-refractivity contribution >= 4 is 17.1 Å². The molecule has 2 aromatic rings. The van der Waals surface area contributed by atoms with Crippen LogP contribution in [-0.2, 0) is 6.54 Å². The molecule has 0 amide bonds. The Hall–Kier alpha value is -2.56. The van der Waals surface area contributed by atoms with E-state index >= 15 is 0 Å². The van der Waals surface area contributed by atoms with Crippen LogP contribution in [0.25, 0.3) is 0 Å². The van der Waals surface area contributed by atoms with Gasteiger partial charge in [-0.05, 0) is 43.2 Å². The van der Waals surface area contributed by atoms with Crippen molar-refractivity contribution in [2.24, 2.45) is 0 Å². The molecule has 0 heterocycles. The minimum absolute atomic E-state index is 0.0344. The lowest BCUT2D eigenvalue weighted by Gasteiger charge is -2.23. The Morgan fingerprint density at radius 3 is 2.62 bits per heavy atom. The number of nitro benzene ring substituents is 1. The van der Waals surface area contributed by atoms with Crippen molar-refractivity contribution in [1.82, 2.24) is 0 Å². The summed E-state index contributed by atoms with van der Waals surface area (Å²) in [6.07, 6.45) is 0. The van der Waals surface area contributed by atoms with Gasteiger partial charge in [0.2, 0.25) is 0 Å². The maximum absolute atomic E-state index is 11.0. The van der Waals surface area contributed by atoms with Gasteiger partial charge in [0, 0.05) is 24.8 Å². The van der Waals surface area contributed by atoms with Crippen molar-refractivity contribution in [1.29, 1.82) is 0 Å². The fourth-order valence-electron chi connectivity index (χ4n) is 2.28. The van der Waals surface area contributed by atoms with E-state index in [2.05, 4.69) is 17.9 Å². The number of nitrogens with two attached hydrogens (primary N) is 1. The third-order valence-electron chi connectivity index (χ3n) is 3.41. The molecule has 0 radical (unpaired) electrons. The molecule has 110 valence electrons. The molecule has 0 spiro atoms. The summed E-state index contributed by atoms with van der Waals surface area (Å²) < 4.78 is 0. The molecule has 5 nitrogen and oxygen atoms in total. The van der Waals surface area contributed by atoms with Crippen LogP contribution in [0.4, 0.5) is 17.1 Å². The number of hydrogen-bond donors (Lipinski definition) is 1. The van der Waals surface area contributed by atoms with Crippen LogP contribution in [0.3, 0.4) is 0 Å². The Morgan fingerprint density at radius 2 is 2.00 bits per heavy atom. The Labute approximate surface area is 124 Å². The largest absolute Gasteiger partial charge is 0.393 e. The molecule has 0 fully saturated rings. The smallest absolute Gasteiger partial charge is 0.292 e. The minimum Gasteiger partial charge on any atom is -0.393 e. The van der Waals surface area contributed by atoms with E-state index in [0.717, 1.165) is 17.8 Å². The van der Waals surface area contributed by atoms with E-state index in [1.807, 2.05) is 31.2 Å². The quantitative estimate of drug-likeness (QED) is 0.518. The Bertz CT molecular complexity index is 656. The van der Waals surface area contributed by atoms with E-state index in [4.69, 9.17) is 5.73 Å². The van der Waals surface area contributed by atoms with Crippen molar-refractivity contribution in [3.05, 3.63) is 63.7 Å². The van der Waals surface area contributed by atoms with Crippen LogP contribution in [0.15, 0.2) is 42.5 Å². The number of nitrogens with zero attached hydrogens (tertiary/aromatic N) is 2. The lowest BCUT2D eigenvalue weighted by atomic mass is 10.1. The zero-order valence-electron chi connectivity index (χ0n) is 12.2. The van der Waals surface area contributed by atoms with Gasteiger partial charge in [0.25, 0.3) is 5.69 Å². The topological polar surface area (TPSA) is 72.4 Å². The molecule has 0 aliphatic carbocycles. The molecule has 0 aromatic heterocycles. The summed E-state index contributed by atoms with van der Waals surface area (Å²) in [5.74, 6) is 0. The number of nitrogen functional groups attached to an aromatic ring is 1. The molecule has 0 aliphatic rings. The van der Waals surface area contributed by atoms with Gasteiger partial charge < -0.3 is 10.6 Å². The molecule has 0 saturated heterocycles. The van der Waals surface area contributed by atoms with E-state index in [1.54, 1.807) is 12.1 Å². The number of rotatable bonds is 5. The fraction of sp³-hybridized carbons (Fsp3) is 0.250. The minimum atomic E-state index is -0.443. The summed E-state index contributed by atoms with van der Waals surface area (Å²) >= 11 is 0. The fourth-order valence-corrected chi connectivity index (χ4v) is 2.28. The number of aryl methyl sites for hydroxylation is 1. The third kappa shape index (κ3) is 3.51. The number of nitro groups is 1. The summed E-state index contributed by atoms with van der Waals surface area (Å²) in [6, 6.07) is 13.2. The molecule has 2 aromatic carbocycles. The van der Waals surface area contributed by atoms with Crippen LogP contribution in [-0.4, -0.2) is 11.5 Å². The van der Waals surface area contributed by atoms with Crippen molar-refractivity contribution in [2.75, 3.05) is 17.2 Å². The molecule has 0 aliphatic heterocycles. The standard InChI is InChI=1S/C16H19N3O2/c1-3-18(14-6-4-5-12(2)9-14)11-13-7-8-15(17)16(10-13)19(20)21/h4-10H,3,11,17H2,1-2H3. The Balaban J connectivity index is 2.27. The number of hydrogen-bond acceptors (Lipinski definition) is 4. The molecular weight excluding hydrogens is 266 g/mol. The lowest BCUT2D eigenvalue weighted by Crippen LogP contribution is -2.22. The first-order valence-electron chi connectivity index (χ1n) is 6.85. The highest BCUT2D eigenvalue weighted by molar-refractivity contribution is 5.59. The first-order valence-corrected chi connectivity index (χ1v) is 6.85. The van der Waals surface area contributed by atoms with E-state index in [0.29, 0.717) is 6.54 Å². The second-order valence-electron chi connectivity index (χ2n) is 5.00. The number of anilines is 2. The van der Waals surface area contributed by atoms with Crippen LogP contribution in [0, 0.1) is 17.0 Å². The SMILES string of the molecule is CCN(Cc1ccc(N)c([N+](=O)[O-])c1)c1cccc(C)c1. The highest BCUT2D eigenvalue weighted by atomic mass is 16.6. The van der Waals surface area contributed by atoms with E-state index in [-0.39, 0.29) is 11.4 Å². The van der Waals surface area contributed by atoms with Gasteiger partial charge in [-0.1, -0.05) is 18.2 Å². The maximum atomic E-state index is 11.0. The molecule has 2 N–H and O–H groups in total. The summed E-state index contributed by atoms with van der Waals surface area (Å²) in [5, 5.41) is 11.0. The Morgan fingerprint density at radius 1 is 1.24 bits per heavy atom. The van der Waals surface area contributed by atoms with Crippen molar-refractivity contribution in [2.45, 2.75) is 20.4 Å². The molecule has 0 unspecified atom stereocenters. The predicted molar refractivity (Wildman–Crippen MR) is 85.4 cm³/mol. The molecule has 0 atom stereocenters. The summed E-state index contributed by atoms with van der Waals surface area (Å²) in [7, 11) is 0. The predicted octanol–water partition coefficient (Wildman–Crippen LogP) is 3.51.